The molecular weight excluding hydrogens is 364 g/mol. The number of pyridine rings is 1. The molecule has 0 atom stereocenters. The van der Waals surface area contributed by atoms with Crippen molar-refractivity contribution in [2.75, 3.05) is 29.9 Å². The van der Waals surface area contributed by atoms with Gasteiger partial charge >= 0.3 is 0 Å². The molecule has 3 heterocycles. The van der Waals surface area contributed by atoms with Crippen LogP contribution >= 0.6 is 0 Å². The fraction of sp³-hybridized carbons (Fsp3) is 0.545. The Labute approximate surface area is 172 Å². The molecule has 0 saturated heterocycles. The molecule has 1 amide bonds. The molecular formula is C22H30N6O. The fourth-order valence-electron chi connectivity index (χ4n) is 3.59. The van der Waals surface area contributed by atoms with E-state index in [0.717, 1.165) is 55.2 Å². The van der Waals surface area contributed by atoms with Gasteiger partial charge in [0.15, 0.2) is 0 Å². The van der Waals surface area contributed by atoms with E-state index in [9.17, 15) is 4.79 Å². The van der Waals surface area contributed by atoms with E-state index in [0.29, 0.717) is 17.3 Å². The highest BCUT2D eigenvalue weighted by molar-refractivity contribution is 5.99. The molecule has 154 valence electrons. The molecule has 0 aromatic carbocycles. The van der Waals surface area contributed by atoms with Gasteiger partial charge in [-0.25, -0.2) is 15.0 Å². The molecule has 4 rings (SSSR count). The third kappa shape index (κ3) is 4.83. The Balaban J connectivity index is 1.57. The van der Waals surface area contributed by atoms with Gasteiger partial charge < -0.3 is 15.5 Å². The quantitative estimate of drug-likeness (QED) is 0.784. The molecule has 7 heteroatoms. The SMILES string of the molecule is Cc1cnc(N2CCc3cc(C(=O)NC(C)C)c(NCC4CC4)nc3CC2)nc1. The average molecular weight is 395 g/mol. The number of nitrogens with zero attached hydrogens (tertiary/aromatic N) is 4. The normalized spacial score (nSPS) is 16.3. The fourth-order valence-corrected chi connectivity index (χ4v) is 3.59. The van der Waals surface area contributed by atoms with E-state index in [1.165, 1.54) is 12.8 Å². The van der Waals surface area contributed by atoms with Crippen LogP contribution in [0.5, 0.6) is 0 Å². The van der Waals surface area contributed by atoms with Gasteiger partial charge in [0.25, 0.3) is 5.91 Å². The Morgan fingerprint density at radius 1 is 1.21 bits per heavy atom. The summed E-state index contributed by atoms with van der Waals surface area (Å²) in [6.07, 6.45) is 7.87. The van der Waals surface area contributed by atoms with Crippen molar-refractivity contribution in [2.24, 2.45) is 5.92 Å². The van der Waals surface area contributed by atoms with Gasteiger partial charge in [-0.05, 0) is 63.1 Å². The number of anilines is 2. The highest BCUT2D eigenvalue weighted by atomic mass is 16.1. The topological polar surface area (TPSA) is 83.0 Å². The number of rotatable bonds is 6. The summed E-state index contributed by atoms with van der Waals surface area (Å²) < 4.78 is 0. The van der Waals surface area contributed by atoms with E-state index in [2.05, 4.69) is 25.5 Å². The second-order valence-electron chi connectivity index (χ2n) is 8.49. The van der Waals surface area contributed by atoms with Crippen molar-refractivity contribution in [3.63, 3.8) is 0 Å². The minimum Gasteiger partial charge on any atom is -0.369 e. The molecule has 0 unspecified atom stereocenters. The van der Waals surface area contributed by atoms with Crippen LogP contribution in [0.25, 0.3) is 0 Å². The molecule has 0 radical (unpaired) electrons. The molecule has 0 bridgehead atoms. The largest absolute Gasteiger partial charge is 0.369 e. The number of nitrogens with one attached hydrogen (secondary N) is 2. The summed E-state index contributed by atoms with van der Waals surface area (Å²) in [7, 11) is 0. The van der Waals surface area contributed by atoms with E-state index in [1.807, 2.05) is 39.2 Å². The van der Waals surface area contributed by atoms with Crippen LogP contribution in [0.1, 0.15) is 53.9 Å². The van der Waals surface area contributed by atoms with Crippen LogP contribution in [0.2, 0.25) is 0 Å². The maximum Gasteiger partial charge on any atom is 0.255 e. The molecule has 29 heavy (non-hydrogen) atoms. The zero-order valence-corrected chi connectivity index (χ0v) is 17.5. The van der Waals surface area contributed by atoms with Crippen LogP contribution in [-0.2, 0) is 12.8 Å². The van der Waals surface area contributed by atoms with Crippen LogP contribution in [0.15, 0.2) is 18.5 Å². The lowest BCUT2D eigenvalue weighted by atomic mass is 10.0. The van der Waals surface area contributed by atoms with Gasteiger partial charge in [0.05, 0.1) is 5.56 Å². The maximum atomic E-state index is 12.8. The third-order valence-electron chi connectivity index (χ3n) is 5.43. The van der Waals surface area contributed by atoms with Crippen molar-refractivity contribution in [2.45, 2.75) is 52.5 Å². The second kappa shape index (κ2) is 8.35. The molecule has 0 spiro atoms. The molecule has 1 aliphatic carbocycles. The number of hydrogen-bond donors (Lipinski definition) is 2. The lowest BCUT2D eigenvalue weighted by Crippen LogP contribution is -2.31. The smallest absolute Gasteiger partial charge is 0.255 e. The average Bonchev–Trinajstić information content (AvgIpc) is 3.52. The third-order valence-corrected chi connectivity index (χ3v) is 5.43. The standard InChI is InChI=1S/C22H30N6O/c1-14(2)26-21(29)18-10-17-6-8-28(22-24-11-15(3)12-25-22)9-7-19(17)27-20(18)23-13-16-4-5-16/h10-12,14,16H,4-9,13H2,1-3H3,(H,23,27)(H,26,29). The summed E-state index contributed by atoms with van der Waals surface area (Å²) in [6.45, 7) is 8.47. The zero-order valence-electron chi connectivity index (χ0n) is 17.5. The van der Waals surface area contributed by atoms with Crippen LogP contribution in [0, 0.1) is 12.8 Å². The van der Waals surface area contributed by atoms with Gasteiger partial charge in [-0.3, -0.25) is 4.79 Å². The number of aryl methyl sites for hydroxylation is 1. The molecule has 7 nitrogen and oxygen atoms in total. The lowest BCUT2D eigenvalue weighted by molar-refractivity contribution is 0.0943. The minimum absolute atomic E-state index is 0.0587. The van der Waals surface area contributed by atoms with Crippen molar-refractivity contribution in [3.05, 3.63) is 40.8 Å². The molecule has 2 N–H and O–H groups in total. The Bertz CT molecular complexity index is 876. The molecule has 2 aromatic heterocycles. The van der Waals surface area contributed by atoms with Gasteiger partial charge in [0.1, 0.15) is 5.82 Å². The number of carbonyl (C=O) groups excluding carboxylic acids is 1. The van der Waals surface area contributed by atoms with Gasteiger partial charge in [0.2, 0.25) is 5.95 Å². The molecule has 1 fully saturated rings. The maximum absolute atomic E-state index is 12.8. The molecule has 2 aliphatic rings. The highest BCUT2D eigenvalue weighted by Gasteiger charge is 2.25. The minimum atomic E-state index is -0.0587. The lowest BCUT2D eigenvalue weighted by Gasteiger charge is -2.19. The summed E-state index contributed by atoms with van der Waals surface area (Å²) >= 11 is 0. The number of hydrogen-bond acceptors (Lipinski definition) is 6. The molecule has 2 aromatic rings. The Hall–Kier alpha value is -2.70. The number of amides is 1. The zero-order chi connectivity index (χ0) is 20.4. The first-order valence-corrected chi connectivity index (χ1v) is 10.6. The van der Waals surface area contributed by atoms with E-state index in [-0.39, 0.29) is 11.9 Å². The van der Waals surface area contributed by atoms with Crippen molar-refractivity contribution >= 4 is 17.7 Å². The summed E-state index contributed by atoms with van der Waals surface area (Å²) in [4.78, 5) is 28.9. The first-order valence-electron chi connectivity index (χ1n) is 10.6. The number of fused-ring (bicyclic) bond motifs is 1. The van der Waals surface area contributed by atoms with Gasteiger partial charge in [-0.2, -0.15) is 0 Å². The van der Waals surface area contributed by atoms with Crippen LogP contribution in [0.4, 0.5) is 11.8 Å². The van der Waals surface area contributed by atoms with E-state index >= 15 is 0 Å². The van der Waals surface area contributed by atoms with E-state index in [4.69, 9.17) is 4.98 Å². The molecule has 1 saturated carbocycles. The summed E-state index contributed by atoms with van der Waals surface area (Å²) in [5, 5.41) is 6.45. The van der Waals surface area contributed by atoms with Crippen molar-refractivity contribution in [3.8, 4) is 0 Å². The summed E-state index contributed by atoms with van der Waals surface area (Å²) in [6, 6.07) is 2.13. The van der Waals surface area contributed by atoms with Gasteiger partial charge in [-0.1, -0.05) is 0 Å². The first-order chi connectivity index (χ1) is 14.0. The highest BCUT2D eigenvalue weighted by Crippen LogP contribution is 2.30. The monoisotopic (exact) mass is 394 g/mol. The van der Waals surface area contributed by atoms with Gasteiger partial charge in [-0.15, -0.1) is 0 Å². The molecule has 1 aliphatic heterocycles. The Morgan fingerprint density at radius 2 is 1.93 bits per heavy atom. The first kappa shape index (κ1) is 19.6. The van der Waals surface area contributed by atoms with Crippen LogP contribution < -0.4 is 15.5 Å². The van der Waals surface area contributed by atoms with Crippen molar-refractivity contribution in [1.82, 2.24) is 20.3 Å². The van der Waals surface area contributed by atoms with Gasteiger partial charge in [0, 0.05) is 50.2 Å². The number of carbonyl (C=O) groups is 1. The van der Waals surface area contributed by atoms with Crippen LogP contribution in [0.3, 0.4) is 0 Å². The number of aromatic nitrogens is 3. The van der Waals surface area contributed by atoms with Crippen molar-refractivity contribution < 1.29 is 4.79 Å². The Morgan fingerprint density at radius 3 is 2.62 bits per heavy atom. The summed E-state index contributed by atoms with van der Waals surface area (Å²) in [5.41, 5.74) is 3.92. The van der Waals surface area contributed by atoms with Crippen molar-refractivity contribution in [1.29, 1.82) is 0 Å². The Kier molecular flexibility index (Phi) is 5.65. The summed E-state index contributed by atoms with van der Waals surface area (Å²) in [5.74, 6) is 2.13. The predicted molar refractivity (Wildman–Crippen MR) is 114 cm³/mol. The van der Waals surface area contributed by atoms with E-state index in [1.54, 1.807) is 0 Å². The van der Waals surface area contributed by atoms with E-state index < -0.39 is 0 Å². The van der Waals surface area contributed by atoms with Crippen LogP contribution in [-0.4, -0.2) is 46.5 Å². The predicted octanol–water partition coefficient (Wildman–Crippen LogP) is 2.75. The second-order valence-corrected chi connectivity index (χ2v) is 8.49.